The number of benzene rings is 1. The summed E-state index contributed by atoms with van der Waals surface area (Å²) < 4.78 is 5.19. The Labute approximate surface area is 123 Å². The highest BCUT2D eigenvalue weighted by molar-refractivity contribution is 5.27. The molecule has 2 N–H and O–H groups in total. The molecule has 1 fully saturated rings. The summed E-state index contributed by atoms with van der Waals surface area (Å²) in [5.74, 6) is 1.53. The zero-order valence-corrected chi connectivity index (χ0v) is 13.2. The van der Waals surface area contributed by atoms with E-state index in [-0.39, 0.29) is 0 Å². The first-order valence-corrected chi connectivity index (χ1v) is 7.49. The number of nitrogens with zero attached hydrogens (tertiary/aromatic N) is 1. The van der Waals surface area contributed by atoms with Crippen LogP contribution in [0.2, 0.25) is 0 Å². The Morgan fingerprint density at radius 2 is 1.95 bits per heavy atom. The lowest BCUT2D eigenvalue weighted by Crippen LogP contribution is -2.41. The molecule has 3 heteroatoms. The van der Waals surface area contributed by atoms with Crippen LogP contribution in [-0.2, 0) is 6.54 Å². The lowest BCUT2D eigenvalue weighted by atomic mass is 9.85. The summed E-state index contributed by atoms with van der Waals surface area (Å²) in [7, 11) is 3.88. The summed E-state index contributed by atoms with van der Waals surface area (Å²) >= 11 is 0. The molecule has 2 rings (SSSR count). The van der Waals surface area contributed by atoms with E-state index in [1.807, 2.05) is 12.1 Å². The van der Waals surface area contributed by atoms with Crippen molar-refractivity contribution in [3.8, 4) is 5.75 Å². The van der Waals surface area contributed by atoms with E-state index in [1.54, 1.807) is 7.11 Å². The number of hydrogen-bond donors (Lipinski definition) is 1. The molecule has 112 valence electrons. The van der Waals surface area contributed by atoms with Crippen LogP contribution < -0.4 is 10.5 Å². The van der Waals surface area contributed by atoms with Gasteiger partial charge < -0.3 is 15.4 Å². The molecule has 0 radical (unpaired) electrons. The Bertz CT molecular complexity index is 427. The van der Waals surface area contributed by atoms with Crippen LogP contribution in [-0.4, -0.2) is 31.6 Å². The zero-order valence-electron chi connectivity index (χ0n) is 13.2. The van der Waals surface area contributed by atoms with Crippen molar-refractivity contribution in [3.05, 3.63) is 29.8 Å². The van der Waals surface area contributed by atoms with E-state index in [2.05, 4.69) is 37.9 Å². The molecule has 0 saturated heterocycles. The van der Waals surface area contributed by atoms with Crippen molar-refractivity contribution in [2.75, 3.05) is 20.7 Å². The minimum absolute atomic E-state index is 0.297. The molecule has 3 nitrogen and oxygen atoms in total. The molecular weight excluding hydrogens is 248 g/mol. The highest BCUT2D eigenvalue weighted by atomic mass is 16.5. The monoisotopic (exact) mass is 276 g/mol. The minimum atomic E-state index is 0.297. The first-order chi connectivity index (χ1) is 9.42. The number of hydrogen-bond acceptors (Lipinski definition) is 3. The van der Waals surface area contributed by atoms with Crippen molar-refractivity contribution < 1.29 is 4.74 Å². The highest BCUT2D eigenvalue weighted by Crippen LogP contribution is 2.40. The van der Waals surface area contributed by atoms with Gasteiger partial charge in [-0.05, 0) is 48.9 Å². The molecule has 1 aliphatic carbocycles. The SMILES string of the molecule is COc1ccc(CN(C)CC2CCC(C)(C)C2N)cc1. The molecule has 1 aromatic carbocycles. The summed E-state index contributed by atoms with van der Waals surface area (Å²) in [4.78, 5) is 2.38. The van der Waals surface area contributed by atoms with Gasteiger partial charge in [0.25, 0.3) is 0 Å². The maximum atomic E-state index is 6.39. The topological polar surface area (TPSA) is 38.5 Å². The number of rotatable bonds is 5. The smallest absolute Gasteiger partial charge is 0.118 e. The van der Waals surface area contributed by atoms with E-state index in [0.717, 1.165) is 18.8 Å². The molecule has 1 aliphatic rings. The summed E-state index contributed by atoms with van der Waals surface area (Å²) in [6.45, 7) is 6.63. The number of ether oxygens (including phenoxy) is 1. The Balaban J connectivity index is 1.87. The van der Waals surface area contributed by atoms with E-state index in [0.29, 0.717) is 17.4 Å². The van der Waals surface area contributed by atoms with Gasteiger partial charge in [-0.2, -0.15) is 0 Å². The molecule has 0 amide bonds. The fraction of sp³-hybridized carbons (Fsp3) is 0.647. The van der Waals surface area contributed by atoms with E-state index >= 15 is 0 Å². The van der Waals surface area contributed by atoms with Crippen molar-refractivity contribution in [2.45, 2.75) is 39.3 Å². The second kappa shape index (κ2) is 6.15. The van der Waals surface area contributed by atoms with E-state index in [9.17, 15) is 0 Å². The molecule has 0 aliphatic heterocycles. The summed E-state index contributed by atoms with van der Waals surface area (Å²) in [5.41, 5.74) is 8.01. The average Bonchev–Trinajstić information content (AvgIpc) is 2.67. The summed E-state index contributed by atoms with van der Waals surface area (Å²) in [6.07, 6.45) is 2.50. The van der Waals surface area contributed by atoms with Gasteiger partial charge in [0, 0.05) is 19.1 Å². The predicted octanol–water partition coefficient (Wildman–Crippen LogP) is 2.89. The van der Waals surface area contributed by atoms with Crippen LogP contribution in [0.3, 0.4) is 0 Å². The standard InChI is InChI=1S/C17H28N2O/c1-17(2)10-9-14(16(17)18)12-19(3)11-13-5-7-15(20-4)8-6-13/h5-8,14,16H,9-12,18H2,1-4H3. The molecule has 0 spiro atoms. The van der Waals surface area contributed by atoms with Crippen LogP contribution in [0.25, 0.3) is 0 Å². The molecule has 2 atom stereocenters. The number of nitrogens with two attached hydrogens (primary N) is 1. The lowest BCUT2D eigenvalue weighted by molar-refractivity contribution is 0.229. The van der Waals surface area contributed by atoms with E-state index in [1.165, 1.54) is 18.4 Å². The Hall–Kier alpha value is -1.06. The van der Waals surface area contributed by atoms with Gasteiger partial charge in [-0.25, -0.2) is 0 Å². The number of methoxy groups -OCH3 is 1. The van der Waals surface area contributed by atoms with Crippen molar-refractivity contribution >= 4 is 0 Å². The summed E-state index contributed by atoms with van der Waals surface area (Å²) in [6, 6.07) is 8.63. The van der Waals surface area contributed by atoms with Crippen LogP contribution in [0.5, 0.6) is 5.75 Å². The van der Waals surface area contributed by atoms with Crippen molar-refractivity contribution in [3.63, 3.8) is 0 Å². The third-order valence-electron chi connectivity index (χ3n) is 4.73. The normalized spacial score (nSPS) is 25.1. The molecule has 0 bridgehead atoms. The second-order valence-electron chi connectivity index (χ2n) is 6.86. The first kappa shape index (κ1) is 15.3. The molecule has 0 heterocycles. The first-order valence-electron chi connectivity index (χ1n) is 7.49. The van der Waals surface area contributed by atoms with Gasteiger partial charge in [0.2, 0.25) is 0 Å². The van der Waals surface area contributed by atoms with Gasteiger partial charge in [0.1, 0.15) is 5.75 Å². The highest BCUT2D eigenvalue weighted by Gasteiger charge is 2.39. The van der Waals surface area contributed by atoms with Gasteiger partial charge >= 0.3 is 0 Å². The average molecular weight is 276 g/mol. The third-order valence-corrected chi connectivity index (χ3v) is 4.73. The largest absolute Gasteiger partial charge is 0.497 e. The quantitative estimate of drug-likeness (QED) is 0.898. The second-order valence-corrected chi connectivity index (χ2v) is 6.86. The zero-order chi connectivity index (χ0) is 14.8. The van der Waals surface area contributed by atoms with Gasteiger partial charge in [-0.1, -0.05) is 26.0 Å². The summed E-state index contributed by atoms with van der Waals surface area (Å²) in [5, 5.41) is 0. The van der Waals surface area contributed by atoms with Gasteiger partial charge in [0.05, 0.1) is 7.11 Å². The van der Waals surface area contributed by atoms with E-state index < -0.39 is 0 Å². The molecule has 0 aromatic heterocycles. The molecule has 1 saturated carbocycles. The van der Waals surface area contributed by atoms with Crippen LogP contribution in [0, 0.1) is 11.3 Å². The molecule has 2 unspecified atom stereocenters. The maximum absolute atomic E-state index is 6.39. The Kier molecular flexibility index (Phi) is 4.71. The molecular formula is C17H28N2O. The predicted molar refractivity (Wildman–Crippen MR) is 83.8 cm³/mol. The Morgan fingerprint density at radius 3 is 2.45 bits per heavy atom. The fourth-order valence-corrected chi connectivity index (χ4v) is 3.25. The Morgan fingerprint density at radius 1 is 1.30 bits per heavy atom. The minimum Gasteiger partial charge on any atom is -0.497 e. The van der Waals surface area contributed by atoms with Crippen molar-refractivity contribution in [1.82, 2.24) is 4.90 Å². The van der Waals surface area contributed by atoms with E-state index in [4.69, 9.17) is 10.5 Å². The van der Waals surface area contributed by atoms with Gasteiger partial charge in [-0.3, -0.25) is 0 Å². The maximum Gasteiger partial charge on any atom is 0.118 e. The molecule has 20 heavy (non-hydrogen) atoms. The van der Waals surface area contributed by atoms with Gasteiger partial charge in [0.15, 0.2) is 0 Å². The fourth-order valence-electron chi connectivity index (χ4n) is 3.25. The van der Waals surface area contributed by atoms with Crippen LogP contribution >= 0.6 is 0 Å². The van der Waals surface area contributed by atoms with Crippen LogP contribution in [0.15, 0.2) is 24.3 Å². The third kappa shape index (κ3) is 3.53. The lowest BCUT2D eigenvalue weighted by Gasteiger charge is -2.29. The molecule has 1 aromatic rings. The van der Waals surface area contributed by atoms with Gasteiger partial charge in [-0.15, -0.1) is 0 Å². The van der Waals surface area contributed by atoms with Crippen LogP contribution in [0.4, 0.5) is 0 Å². The van der Waals surface area contributed by atoms with Crippen molar-refractivity contribution in [2.24, 2.45) is 17.1 Å². The van der Waals surface area contributed by atoms with Crippen molar-refractivity contribution in [1.29, 1.82) is 0 Å². The van der Waals surface area contributed by atoms with Crippen LogP contribution in [0.1, 0.15) is 32.3 Å².